The number of benzene rings is 2. The summed E-state index contributed by atoms with van der Waals surface area (Å²) in [6.45, 7) is 1.40. The third-order valence-corrected chi connectivity index (χ3v) is 7.23. The van der Waals surface area contributed by atoms with Crippen LogP contribution in [0.1, 0.15) is 18.5 Å². The van der Waals surface area contributed by atoms with Gasteiger partial charge in [0.2, 0.25) is 5.91 Å². The minimum Gasteiger partial charge on any atom is -0.337 e. The zero-order valence-corrected chi connectivity index (χ0v) is 17.5. The van der Waals surface area contributed by atoms with Crippen LogP contribution in [0.4, 0.5) is 9.52 Å². The Kier molecular flexibility index (Phi) is 6.29. The smallest absolute Gasteiger partial charge is 0.266 e. The van der Waals surface area contributed by atoms with Crippen LogP contribution in [0.5, 0.6) is 0 Å². The maximum absolute atomic E-state index is 13.2. The highest BCUT2D eigenvalue weighted by atomic mass is 32.2. The highest BCUT2D eigenvalue weighted by Crippen LogP contribution is 2.26. The Labute approximate surface area is 173 Å². The van der Waals surface area contributed by atoms with Crippen molar-refractivity contribution >= 4 is 32.4 Å². The Morgan fingerprint density at radius 3 is 2.38 bits per heavy atom. The second-order valence-electron chi connectivity index (χ2n) is 6.37. The number of rotatable bonds is 7. The zero-order chi connectivity index (χ0) is 21.0. The summed E-state index contributed by atoms with van der Waals surface area (Å²) in [6.07, 6.45) is 1.49. The van der Waals surface area contributed by atoms with E-state index in [0.29, 0.717) is 0 Å². The van der Waals surface area contributed by atoms with Crippen LogP contribution in [0.15, 0.2) is 71.1 Å². The van der Waals surface area contributed by atoms with Gasteiger partial charge in [0.1, 0.15) is 12.4 Å². The molecule has 1 aromatic heterocycles. The lowest BCUT2D eigenvalue weighted by Crippen LogP contribution is -2.42. The van der Waals surface area contributed by atoms with E-state index in [1.54, 1.807) is 49.7 Å². The molecule has 3 rings (SSSR count). The molecule has 1 heterocycles. The van der Waals surface area contributed by atoms with Crippen LogP contribution in [-0.2, 0) is 14.8 Å². The molecule has 29 heavy (non-hydrogen) atoms. The molecule has 1 unspecified atom stereocenters. The average Bonchev–Trinajstić information content (AvgIpc) is 3.26. The van der Waals surface area contributed by atoms with Gasteiger partial charge in [0.25, 0.3) is 10.0 Å². The molecule has 0 spiro atoms. The molecule has 0 bridgehead atoms. The quantitative estimate of drug-likeness (QED) is 0.570. The predicted molar refractivity (Wildman–Crippen MR) is 111 cm³/mol. The number of nitrogens with zero attached hydrogens (tertiary/aromatic N) is 3. The number of carbonyl (C=O) groups is 1. The second-order valence-corrected chi connectivity index (χ2v) is 9.11. The van der Waals surface area contributed by atoms with Crippen LogP contribution >= 0.6 is 11.3 Å². The molecule has 152 valence electrons. The fraction of sp³-hybridized carbons (Fsp3) is 0.200. The number of hydrogen-bond donors (Lipinski definition) is 0. The van der Waals surface area contributed by atoms with Gasteiger partial charge in [-0.3, -0.25) is 4.79 Å². The van der Waals surface area contributed by atoms with E-state index in [2.05, 4.69) is 4.98 Å². The average molecular weight is 434 g/mol. The maximum atomic E-state index is 13.2. The van der Waals surface area contributed by atoms with Crippen LogP contribution in [0.25, 0.3) is 0 Å². The van der Waals surface area contributed by atoms with Crippen molar-refractivity contribution in [2.45, 2.75) is 17.9 Å². The van der Waals surface area contributed by atoms with Crippen molar-refractivity contribution in [3.63, 3.8) is 0 Å². The van der Waals surface area contributed by atoms with Crippen molar-refractivity contribution in [3.05, 3.63) is 77.6 Å². The Morgan fingerprint density at radius 2 is 1.79 bits per heavy atom. The first-order valence-electron chi connectivity index (χ1n) is 8.79. The number of aromatic nitrogens is 1. The number of thiazole rings is 1. The van der Waals surface area contributed by atoms with Gasteiger partial charge in [0, 0.05) is 18.6 Å². The van der Waals surface area contributed by atoms with Crippen LogP contribution in [0.3, 0.4) is 0 Å². The van der Waals surface area contributed by atoms with E-state index >= 15 is 0 Å². The first-order chi connectivity index (χ1) is 13.8. The topological polar surface area (TPSA) is 70.6 Å². The molecule has 0 N–H and O–H groups in total. The Balaban J connectivity index is 1.86. The molecule has 1 amide bonds. The third-order valence-electron chi connectivity index (χ3n) is 4.57. The van der Waals surface area contributed by atoms with Crippen LogP contribution < -0.4 is 4.31 Å². The van der Waals surface area contributed by atoms with Gasteiger partial charge in [-0.15, -0.1) is 11.3 Å². The zero-order valence-electron chi connectivity index (χ0n) is 15.9. The molecule has 1 atom stereocenters. The standard InChI is InChI=1S/C20H20FN3O3S2/c1-15(16-8-10-17(21)11-9-16)23(2)19(25)14-24(20-22-12-13-28-20)29(26,27)18-6-4-3-5-7-18/h3-13,15H,14H2,1-2H3. The van der Waals surface area contributed by atoms with Gasteiger partial charge in [0.15, 0.2) is 5.13 Å². The number of anilines is 1. The first-order valence-corrected chi connectivity index (χ1v) is 11.1. The fourth-order valence-corrected chi connectivity index (χ4v) is 4.99. The fourth-order valence-electron chi connectivity index (χ4n) is 2.73. The number of sulfonamides is 1. The Morgan fingerprint density at radius 1 is 1.14 bits per heavy atom. The van der Waals surface area contributed by atoms with Gasteiger partial charge >= 0.3 is 0 Å². The molecule has 0 fully saturated rings. The van der Waals surface area contributed by atoms with E-state index in [0.717, 1.165) is 21.2 Å². The van der Waals surface area contributed by atoms with Crippen molar-refractivity contribution in [1.82, 2.24) is 9.88 Å². The van der Waals surface area contributed by atoms with E-state index in [-0.39, 0.29) is 21.9 Å². The van der Waals surface area contributed by atoms with Crippen molar-refractivity contribution in [2.24, 2.45) is 0 Å². The Hall–Kier alpha value is -2.78. The Bertz CT molecular complexity index is 1060. The predicted octanol–water partition coefficient (Wildman–Crippen LogP) is 3.70. The molecule has 6 nitrogen and oxygen atoms in total. The van der Waals surface area contributed by atoms with Crippen LogP contribution in [0, 0.1) is 5.82 Å². The van der Waals surface area contributed by atoms with Crippen molar-refractivity contribution < 1.29 is 17.6 Å². The SMILES string of the molecule is CC(c1ccc(F)cc1)N(C)C(=O)CN(c1nccs1)S(=O)(=O)c1ccccc1. The number of amides is 1. The maximum Gasteiger partial charge on any atom is 0.266 e. The van der Waals surface area contributed by atoms with Crippen LogP contribution in [-0.4, -0.2) is 37.8 Å². The summed E-state index contributed by atoms with van der Waals surface area (Å²) in [5, 5.41) is 1.86. The number of carbonyl (C=O) groups excluding carboxylic acids is 1. The summed E-state index contributed by atoms with van der Waals surface area (Å²) >= 11 is 1.14. The number of likely N-dealkylation sites (N-methyl/N-ethyl adjacent to an activating group) is 1. The molecule has 0 saturated heterocycles. The van der Waals surface area contributed by atoms with Gasteiger partial charge < -0.3 is 4.90 Å². The molecule has 3 aromatic rings. The van der Waals surface area contributed by atoms with Crippen molar-refractivity contribution in [1.29, 1.82) is 0 Å². The third kappa shape index (κ3) is 4.63. The van der Waals surface area contributed by atoms with Gasteiger partial charge in [-0.1, -0.05) is 30.3 Å². The summed E-state index contributed by atoms with van der Waals surface area (Å²) in [5.74, 6) is -0.768. The highest BCUT2D eigenvalue weighted by molar-refractivity contribution is 7.93. The molecule has 0 radical (unpaired) electrons. The monoisotopic (exact) mass is 433 g/mol. The minimum atomic E-state index is -3.96. The van der Waals surface area contributed by atoms with E-state index in [9.17, 15) is 17.6 Å². The largest absolute Gasteiger partial charge is 0.337 e. The van der Waals surface area contributed by atoms with Crippen molar-refractivity contribution in [2.75, 3.05) is 17.9 Å². The van der Waals surface area contributed by atoms with E-state index in [1.165, 1.54) is 35.4 Å². The van der Waals surface area contributed by atoms with Gasteiger partial charge in [-0.25, -0.2) is 22.1 Å². The lowest BCUT2D eigenvalue weighted by molar-refractivity contribution is -0.130. The van der Waals surface area contributed by atoms with Gasteiger partial charge in [0.05, 0.1) is 10.9 Å². The molecular weight excluding hydrogens is 413 g/mol. The number of halogens is 1. The summed E-state index contributed by atoms with van der Waals surface area (Å²) in [7, 11) is -2.38. The molecule has 2 aromatic carbocycles. The van der Waals surface area contributed by atoms with Crippen molar-refractivity contribution in [3.8, 4) is 0 Å². The minimum absolute atomic E-state index is 0.0808. The molecule has 0 aliphatic heterocycles. The van der Waals surface area contributed by atoms with Gasteiger partial charge in [-0.2, -0.15) is 0 Å². The highest BCUT2D eigenvalue weighted by Gasteiger charge is 2.30. The summed E-state index contributed by atoms with van der Waals surface area (Å²) < 4.78 is 40.5. The summed E-state index contributed by atoms with van der Waals surface area (Å²) in [5.41, 5.74) is 0.744. The first kappa shape index (κ1) is 20.9. The van der Waals surface area contributed by atoms with E-state index in [4.69, 9.17) is 0 Å². The van der Waals surface area contributed by atoms with E-state index < -0.39 is 22.5 Å². The lowest BCUT2D eigenvalue weighted by Gasteiger charge is -2.28. The van der Waals surface area contributed by atoms with E-state index in [1.807, 2.05) is 0 Å². The molecule has 9 heteroatoms. The number of hydrogen-bond acceptors (Lipinski definition) is 5. The second kappa shape index (κ2) is 8.71. The molecular formula is C20H20FN3O3S2. The van der Waals surface area contributed by atoms with Crippen LogP contribution in [0.2, 0.25) is 0 Å². The summed E-state index contributed by atoms with van der Waals surface area (Å²) in [6, 6.07) is 13.4. The van der Waals surface area contributed by atoms with Gasteiger partial charge in [-0.05, 0) is 36.8 Å². The lowest BCUT2D eigenvalue weighted by atomic mass is 10.1. The molecule has 0 saturated carbocycles. The normalized spacial score (nSPS) is 12.4. The molecule has 0 aliphatic rings. The summed E-state index contributed by atoms with van der Waals surface area (Å²) in [4.78, 5) is 18.5. The molecule has 0 aliphatic carbocycles.